The Morgan fingerprint density at radius 2 is 1.19 bits per heavy atom. The zero-order valence-electron chi connectivity index (χ0n) is 11.3. The lowest BCUT2D eigenvalue weighted by Crippen LogP contribution is -1.91. The normalized spacial score (nSPS) is 13.0. The fraction of sp³-hybridized carbons (Fsp3) is 0.0526. The first-order valence-corrected chi connectivity index (χ1v) is 8.20. The predicted octanol–water partition coefficient (Wildman–Crippen LogP) is 6.20. The molecule has 0 bridgehead atoms. The first-order chi connectivity index (χ1) is 10.3. The second-order valence-corrected chi connectivity index (χ2v) is 6.66. The second-order valence-electron chi connectivity index (χ2n) is 5.10. The van der Waals surface area contributed by atoms with E-state index in [-0.39, 0.29) is 0 Å². The summed E-state index contributed by atoms with van der Waals surface area (Å²) in [7, 11) is 0. The molecule has 0 unspecified atom stereocenters. The van der Waals surface area contributed by atoms with Crippen LogP contribution in [-0.2, 0) is 0 Å². The third-order valence-electron chi connectivity index (χ3n) is 3.86. The Balaban J connectivity index is 1.84. The summed E-state index contributed by atoms with van der Waals surface area (Å²) in [5, 5.41) is 1.14. The summed E-state index contributed by atoms with van der Waals surface area (Å²) in [6.45, 7) is 0. The number of thioether (sulfide) groups is 1. The molecule has 4 rings (SSSR count). The second kappa shape index (κ2) is 5.25. The van der Waals surface area contributed by atoms with E-state index >= 15 is 0 Å². The summed E-state index contributed by atoms with van der Waals surface area (Å²) >= 11 is 8.17. The Hall–Kier alpha value is -1.70. The molecule has 2 heteroatoms. The van der Waals surface area contributed by atoms with Crippen molar-refractivity contribution in [2.75, 3.05) is 0 Å². The van der Waals surface area contributed by atoms with Crippen LogP contribution in [-0.4, -0.2) is 0 Å². The summed E-state index contributed by atoms with van der Waals surface area (Å²) in [6.07, 6.45) is 0. The van der Waals surface area contributed by atoms with E-state index in [1.807, 2.05) is 30.0 Å². The van der Waals surface area contributed by atoms with Gasteiger partial charge in [0, 0.05) is 4.90 Å². The Kier molecular flexibility index (Phi) is 3.25. The molecule has 0 fully saturated rings. The lowest BCUT2D eigenvalue weighted by molar-refractivity contribution is 1.21. The standard InChI is InChI=1S/C19H13ClS/c20-17-11-5-6-12-18(17)21-19-15-9-3-1-7-13(15)14-8-2-4-10-16(14)19/h1-12,19H. The Morgan fingerprint density at radius 1 is 0.667 bits per heavy atom. The highest BCUT2D eigenvalue weighted by Crippen LogP contribution is 2.52. The van der Waals surface area contributed by atoms with Crippen LogP contribution in [0.15, 0.2) is 77.7 Å². The number of fused-ring (bicyclic) bond motifs is 3. The Morgan fingerprint density at radius 3 is 1.81 bits per heavy atom. The molecule has 3 aromatic carbocycles. The van der Waals surface area contributed by atoms with Crippen molar-refractivity contribution in [3.8, 4) is 11.1 Å². The number of hydrogen-bond donors (Lipinski definition) is 0. The molecule has 0 amide bonds. The number of hydrogen-bond acceptors (Lipinski definition) is 1. The molecule has 3 aromatic rings. The summed E-state index contributed by atoms with van der Waals surface area (Å²) in [5.74, 6) is 0. The SMILES string of the molecule is Clc1ccccc1SC1c2ccccc2-c2ccccc21. The van der Waals surface area contributed by atoms with Crippen LogP contribution in [0.2, 0.25) is 5.02 Å². The van der Waals surface area contributed by atoms with E-state index in [0.29, 0.717) is 5.25 Å². The minimum Gasteiger partial charge on any atom is -0.111 e. The van der Waals surface area contributed by atoms with Crippen molar-refractivity contribution in [3.63, 3.8) is 0 Å². The fourth-order valence-electron chi connectivity index (χ4n) is 2.90. The smallest absolute Gasteiger partial charge is 0.0606 e. The third-order valence-corrected chi connectivity index (χ3v) is 5.65. The summed E-state index contributed by atoms with van der Waals surface area (Å²) in [4.78, 5) is 1.13. The molecule has 0 saturated heterocycles. The monoisotopic (exact) mass is 308 g/mol. The van der Waals surface area contributed by atoms with Gasteiger partial charge in [-0.25, -0.2) is 0 Å². The van der Waals surface area contributed by atoms with Crippen molar-refractivity contribution in [2.45, 2.75) is 10.1 Å². The van der Waals surface area contributed by atoms with E-state index in [9.17, 15) is 0 Å². The molecular weight excluding hydrogens is 296 g/mol. The van der Waals surface area contributed by atoms with Gasteiger partial charge in [-0.3, -0.25) is 0 Å². The van der Waals surface area contributed by atoms with Crippen LogP contribution in [0.4, 0.5) is 0 Å². The summed E-state index contributed by atoms with van der Waals surface area (Å²) in [6, 6.07) is 25.4. The van der Waals surface area contributed by atoms with Gasteiger partial charge in [0.1, 0.15) is 0 Å². The van der Waals surface area contributed by atoms with Gasteiger partial charge in [0.05, 0.1) is 10.3 Å². The summed E-state index contributed by atoms with van der Waals surface area (Å²) in [5.41, 5.74) is 5.45. The lowest BCUT2D eigenvalue weighted by Gasteiger charge is -2.14. The largest absolute Gasteiger partial charge is 0.111 e. The van der Waals surface area contributed by atoms with Gasteiger partial charge in [-0.15, -0.1) is 11.8 Å². The van der Waals surface area contributed by atoms with E-state index in [1.165, 1.54) is 22.3 Å². The van der Waals surface area contributed by atoms with Crippen LogP contribution in [0, 0.1) is 0 Å². The molecule has 0 spiro atoms. The van der Waals surface area contributed by atoms with Gasteiger partial charge in [0.15, 0.2) is 0 Å². The van der Waals surface area contributed by atoms with E-state index in [2.05, 4.69) is 54.6 Å². The first-order valence-electron chi connectivity index (χ1n) is 6.94. The van der Waals surface area contributed by atoms with Gasteiger partial charge in [0.25, 0.3) is 0 Å². The number of benzene rings is 3. The van der Waals surface area contributed by atoms with Gasteiger partial charge in [-0.1, -0.05) is 72.3 Å². The molecule has 1 aliphatic carbocycles. The maximum absolute atomic E-state index is 6.34. The quantitative estimate of drug-likeness (QED) is 0.543. The lowest BCUT2D eigenvalue weighted by atomic mass is 10.1. The van der Waals surface area contributed by atoms with Crippen LogP contribution in [0.1, 0.15) is 16.4 Å². The Bertz CT molecular complexity index is 764. The molecule has 0 nitrogen and oxygen atoms in total. The highest BCUT2D eigenvalue weighted by Gasteiger charge is 2.29. The van der Waals surface area contributed by atoms with E-state index in [4.69, 9.17) is 11.6 Å². The average Bonchev–Trinajstić information content (AvgIpc) is 2.85. The van der Waals surface area contributed by atoms with Gasteiger partial charge < -0.3 is 0 Å². The highest BCUT2D eigenvalue weighted by atomic mass is 35.5. The fourth-order valence-corrected chi connectivity index (χ4v) is 4.43. The topological polar surface area (TPSA) is 0 Å². The Labute approximate surface area is 133 Å². The van der Waals surface area contributed by atoms with Crippen LogP contribution >= 0.6 is 23.4 Å². The molecule has 21 heavy (non-hydrogen) atoms. The summed E-state index contributed by atoms with van der Waals surface area (Å²) < 4.78 is 0. The molecule has 0 aromatic heterocycles. The molecular formula is C19H13ClS. The molecule has 1 aliphatic rings. The average molecular weight is 309 g/mol. The van der Waals surface area contributed by atoms with E-state index < -0.39 is 0 Å². The molecule has 0 saturated carbocycles. The van der Waals surface area contributed by atoms with Crippen molar-refractivity contribution >= 4 is 23.4 Å². The van der Waals surface area contributed by atoms with Crippen molar-refractivity contribution in [1.29, 1.82) is 0 Å². The molecule has 0 heterocycles. The van der Waals surface area contributed by atoms with Crippen molar-refractivity contribution in [1.82, 2.24) is 0 Å². The minimum atomic E-state index is 0.317. The number of halogens is 1. The zero-order valence-corrected chi connectivity index (χ0v) is 12.9. The maximum atomic E-state index is 6.34. The minimum absolute atomic E-state index is 0.317. The molecule has 0 atom stereocenters. The maximum Gasteiger partial charge on any atom is 0.0606 e. The molecule has 102 valence electrons. The van der Waals surface area contributed by atoms with Crippen LogP contribution in [0.5, 0.6) is 0 Å². The molecule has 0 aliphatic heterocycles. The zero-order chi connectivity index (χ0) is 14.2. The molecule has 0 radical (unpaired) electrons. The highest BCUT2D eigenvalue weighted by molar-refractivity contribution is 7.99. The van der Waals surface area contributed by atoms with Gasteiger partial charge in [-0.2, -0.15) is 0 Å². The van der Waals surface area contributed by atoms with Crippen molar-refractivity contribution < 1.29 is 0 Å². The first kappa shape index (κ1) is 13.0. The van der Waals surface area contributed by atoms with Crippen LogP contribution in [0.3, 0.4) is 0 Å². The third kappa shape index (κ3) is 2.17. The predicted molar refractivity (Wildman–Crippen MR) is 91.0 cm³/mol. The van der Waals surface area contributed by atoms with Crippen molar-refractivity contribution in [2.24, 2.45) is 0 Å². The van der Waals surface area contributed by atoms with Gasteiger partial charge in [0.2, 0.25) is 0 Å². The number of rotatable bonds is 2. The van der Waals surface area contributed by atoms with Crippen LogP contribution in [0.25, 0.3) is 11.1 Å². The van der Waals surface area contributed by atoms with Crippen molar-refractivity contribution in [3.05, 3.63) is 88.9 Å². The van der Waals surface area contributed by atoms with E-state index in [1.54, 1.807) is 0 Å². The van der Waals surface area contributed by atoms with E-state index in [0.717, 1.165) is 9.92 Å². The molecule has 0 N–H and O–H groups in total. The van der Waals surface area contributed by atoms with Gasteiger partial charge in [-0.05, 0) is 34.4 Å². The van der Waals surface area contributed by atoms with Gasteiger partial charge >= 0.3 is 0 Å². The van der Waals surface area contributed by atoms with Crippen LogP contribution < -0.4 is 0 Å².